The molecule has 13 heteroatoms. The number of H-pyrrole nitrogens is 1. The van der Waals surface area contributed by atoms with Crippen molar-refractivity contribution < 1.29 is 13.7 Å². The highest BCUT2D eigenvalue weighted by Gasteiger charge is 2.57. The Labute approximate surface area is 251 Å². The van der Waals surface area contributed by atoms with Gasteiger partial charge in [-0.05, 0) is 50.7 Å². The van der Waals surface area contributed by atoms with Crippen molar-refractivity contribution in [1.29, 1.82) is 0 Å². The first kappa shape index (κ1) is 26.8. The van der Waals surface area contributed by atoms with Crippen molar-refractivity contribution in [3.8, 4) is 22.8 Å². The Balaban J connectivity index is 1.33. The van der Waals surface area contributed by atoms with Crippen LogP contribution in [0.4, 0.5) is 10.3 Å². The first-order chi connectivity index (χ1) is 20.6. The standard InChI is InChI=1S/C30H32ClFN8O3/c1-16-3-5-29(6-4-16)15-39-24-20(35-27(39)40-17(2)13-38(14-22(29)40)26(41)30(32)7-8-30)10-21(25-36-28(42)43-37-25)34-23(24)18-9-19(31)12-33-11-18/h9-12,16-17,22H,3-8,13-15H2,1-2H3,(H,36,37,42)/t16?,17-,22+,29?/m1/s1. The Kier molecular flexibility index (Phi) is 5.83. The van der Waals surface area contributed by atoms with Crippen LogP contribution in [0.25, 0.3) is 33.8 Å². The van der Waals surface area contributed by atoms with Crippen molar-refractivity contribution in [3.05, 3.63) is 40.1 Å². The molecule has 2 aliphatic heterocycles. The maximum atomic E-state index is 15.0. The maximum absolute atomic E-state index is 15.0. The normalized spacial score (nSPS) is 27.8. The number of alkyl halides is 1. The van der Waals surface area contributed by atoms with Crippen molar-refractivity contribution in [2.75, 3.05) is 18.0 Å². The molecule has 1 amide bonds. The van der Waals surface area contributed by atoms with Crippen LogP contribution < -0.4 is 10.7 Å². The van der Waals surface area contributed by atoms with E-state index in [1.807, 2.05) is 12.1 Å². The highest BCUT2D eigenvalue weighted by Crippen LogP contribution is 2.52. The third kappa shape index (κ3) is 4.20. The van der Waals surface area contributed by atoms with Crippen molar-refractivity contribution >= 4 is 34.5 Å². The third-order valence-electron chi connectivity index (χ3n) is 10.1. The summed E-state index contributed by atoms with van der Waals surface area (Å²) in [4.78, 5) is 46.3. The molecule has 0 radical (unpaired) electrons. The smallest absolute Gasteiger partial charge is 0.336 e. The molecule has 8 rings (SSSR count). The zero-order valence-electron chi connectivity index (χ0n) is 24.0. The number of aromatic amines is 1. The number of carbonyl (C=O) groups is 1. The SMILES string of the molecule is CC1CCC2(CC1)Cn1c(nc3cc(-c4noc(=O)[nH]4)nc(-c4cncc(Cl)c4)c31)N1[C@H](C)CN(C(=O)C3(F)CC3)C[C@H]12. The van der Waals surface area contributed by atoms with Gasteiger partial charge in [0.05, 0.1) is 27.8 Å². The van der Waals surface area contributed by atoms with Gasteiger partial charge in [-0.25, -0.2) is 19.2 Å². The average molecular weight is 607 g/mol. The number of pyridine rings is 2. The quantitative estimate of drug-likeness (QED) is 0.358. The molecule has 0 bridgehead atoms. The van der Waals surface area contributed by atoms with Crippen molar-refractivity contribution in [3.63, 3.8) is 0 Å². The van der Waals surface area contributed by atoms with E-state index in [-0.39, 0.29) is 29.2 Å². The monoisotopic (exact) mass is 606 g/mol. The second-order valence-electron chi connectivity index (χ2n) is 13.0. The number of nitrogens with zero attached hydrogens (tertiary/aromatic N) is 7. The van der Waals surface area contributed by atoms with Crippen LogP contribution in [0, 0.1) is 11.3 Å². The number of aromatic nitrogens is 6. The van der Waals surface area contributed by atoms with Crippen LogP contribution in [-0.2, 0) is 11.3 Å². The highest BCUT2D eigenvalue weighted by atomic mass is 35.5. The zero-order chi connectivity index (χ0) is 29.7. The Morgan fingerprint density at radius 1 is 1.12 bits per heavy atom. The van der Waals surface area contributed by atoms with Crippen LogP contribution >= 0.6 is 11.6 Å². The van der Waals surface area contributed by atoms with Crippen molar-refractivity contribution in [2.45, 2.75) is 76.7 Å². The molecule has 0 aromatic carbocycles. The molecule has 3 fully saturated rings. The number of hydrogen-bond donors (Lipinski definition) is 1. The van der Waals surface area contributed by atoms with Gasteiger partial charge in [-0.15, -0.1) is 0 Å². The van der Waals surface area contributed by atoms with Gasteiger partial charge in [0.15, 0.2) is 5.67 Å². The topological polar surface area (TPSA) is 126 Å². The molecule has 4 aliphatic rings. The molecule has 4 aromatic rings. The lowest BCUT2D eigenvalue weighted by atomic mass is 9.64. The Morgan fingerprint density at radius 3 is 2.60 bits per heavy atom. The number of halogens is 2. The second-order valence-corrected chi connectivity index (χ2v) is 13.5. The number of amides is 1. The lowest BCUT2D eigenvalue weighted by Gasteiger charge is -2.58. The largest absolute Gasteiger partial charge is 0.439 e. The minimum atomic E-state index is -1.69. The molecule has 6 heterocycles. The Morgan fingerprint density at radius 2 is 1.91 bits per heavy atom. The molecule has 1 N–H and O–H groups in total. The van der Waals surface area contributed by atoms with Gasteiger partial charge in [-0.2, -0.15) is 0 Å². The zero-order valence-corrected chi connectivity index (χ0v) is 24.8. The van der Waals surface area contributed by atoms with Crippen LogP contribution in [0.5, 0.6) is 0 Å². The van der Waals surface area contributed by atoms with E-state index in [2.05, 4.69) is 38.4 Å². The van der Waals surface area contributed by atoms with Gasteiger partial charge >= 0.3 is 5.76 Å². The number of nitrogens with one attached hydrogen (secondary N) is 1. The van der Waals surface area contributed by atoms with Crippen LogP contribution in [0.1, 0.15) is 52.4 Å². The van der Waals surface area contributed by atoms with Crippen LogP contribution in [0.15, 0.2) is 33.8 Å². The fourth-order valence-electron chi connectivity index (χ4n) is 7.63. The summed E-state index contributed by atoms with van der Waals surface area (Å²) in [5, 5.41) is 4.34. The van der Waals surface area contributed by atoms with Gasteiger partial charge in [-0.1, -0.05) is 36.5 Å². The van der Waals surface area contributed by atoms with Crippen molar-refractivity contribution in [2.24, 2.45) is 11.3 Å². The number of anilines is 1. The lowest BCUT2D eigenvalue weighted by molar-refractivity contribution is -0.140. The number of hydrogen-bond acceptors (Lipinski definition) is 8. The number of piperazine rings is 1. The van der Waals surface area contributed by atoms with Gasteiger partial charge in [0, 0.05) is 49.0 Å². The number of rotatable bonds is 3. The van der Waals surface area contributed by atoms with Crippen molar-refractivity contribution in [1.82, 2.24) is 34.6 Å². The molecule has 4 aromatic heterocycles. The summed E-state index contributed by atoms with van der Waals surface area (Å²) in [6.07, 6.45) is 8.11. The molecule has 2 atom stereocenters. The molecule has 2 saturated carbocycles. The Bertz CT molecular complexity index is 1820. The lowest BCUT2D eigenvalue weighted by Crippen LogP contribution is -2.68. The minimum Gasteiger partial charge on any atom is -0.336 e. The van der Waals surface area contributed by atoms with E-state index in [1.165, 1.54) is 0 Å². The van der Waals surface area contributed by atoms with E-state index < -0.39 is 11.4 Å². The van der Waals surface area contributed by atoms with Gasteiger partial charge in [-0.3, -0.25) is 19.3 Å². The fourth-order valence-corrected chi connectivity index (χ4v) is 7.80. The van der Waals surface area contributed by atoms with Gasteiger partial charge < -0.3 is 14.4 Å². The maximum Gasteiger partial charge on any atom is 0.439 e. The summed E-state index contributed by atoms with van der Waals surface area (Å²) in [7, 11) is 0. The van der Waals surface area contributed by atoms with E-state index in [1.54, 1.807) is 17.3 Å². The van der Waals surface area contributed by atoms with Crippen LogP contribution in [-0.4, -0.2) is 71.3 Å². The predicted octanol–water partition coefficient (Wildman–Crippen LogP) is 4.61. The summed E-state index contributed by atoms with van der Waals surface area (Å²) >= 11 is 6.38. The number of fused-ring (bicyclic) bond motifs is 6. The van der Waals surface area contributed by atoms with Gasteiger partial charge in [0.25, 0.3) is 5.91 Å². The molecule has 11 nitrogen and oxygen atoms in total. The summed E-state index contributed by atoms with van der Waals surface area (Å²) in [6, 6.07) is 3.56. The molecule has 224 valence electrons. The molecule has 2 aliphatic carbocycles. The predicted molar refractivity (Wildman–Crippen MR) is 157 cm³/mol. The molecule has 1 saturated heterocycles. The summed E-state index contributed by atoms with van der Waals surface area (Å²) < 4.78 is 22.1. The first-order valence-corrected chi connectivity index (χ1v) is 15.4. The molecule has 1 spiro atoms. The molecular formula is C30H32ClFN8O3. The van der Waals surface area contributed by atoms with E-state index in [9.17, 15) is 9.59 Å². The third-order valence-corrected chi connectivity index (χ3v) is 10.3. The summed E-state index contributed by atoms with van der Waals surface area (Å²) in [5.74, 6) is 0.593. The first-order valence-electron chi connectivity index (χ1n) is 15.0. The van der Waals surface area contributed by atoms with Crippen LogP contribution in [0.2, 0.25) is 5.02 Å². The number of imidazole rings is 1. The van der Waals surface area contributed by atoms with E-state index in [4.69, 9.17) is 26.1 Å². The van der Waals surface area contributed by atoms with Gasteiger partial charge in [0.1, 0.15) is 5.69 Å². The van der Waals surface area contributed by atoms with E-state index in [0.717, 1.165) is 37.1 Å². The highest BCUT2D eigenvalue weighted by molar-refractivity contribution is 6.30. The Hall–Kier alpha value is -3.80. The van der Waals surface area contributed by atoms with Gasteiger partial charge in [0.2, 0.25) is 11.8 Å². The van der Waals surface area contributed by atoms with E-state index in [0.29, 0.717) is 65.9 Å². The second kappa shape index (κ2) is 9.35. The minimum absolute atomic E-state index is 0.00923. The van der Waals surface area contributed by atoms with Crippen LogP contribution in [0.3, 0.4) is 0 Å². The van der Waals surface area contributed by atoms with E-state index >= 15 is 4.39 Å². The molecule has 43 heavy (non-hydrogen) atoms. The summed E-state index contributed by atoms with van der Waals surface area (Å²) in [5.41, 5.74) is 1.44. The average Bonchev–Trinajstić information content (AvgIpc) is 3.42. The number of carbonyl (C=O) groups excluding carboxylic acids is 1. The molecule has 0 unspecified atom stereocenters. The fraction of sp³-hybridized carbons (Fsp3) is 0.533. The molecular weight excluding hydrogens is 575 g/mol. The summed E-state index contributed by atoms with van der Waals surface area (Å²) in [6.45, 7) is 6.02.